The molecule has 9 rings (SSSR count). The molecule has 3 aliphatic carbocycles. The van der Waals surface area contributed by atoms with E-state index in [9.17, 15) is 0 Å². The number of rotatable bonds is 2. The van der Waals surface area contributed by atoms with Crippen molar-refractivity contribution < 1.29 is 4.74 Å². The summed E-state index contributed by atoms with van der Waals surface area (Å²) in [6.07, 6.45) is 21.3. The second-order valence-electron chi connectivity index (χ2n) is 14.1. The Kier molecular flexibility index (Phi) is 4.39. The smallest absolute Gasteiger partial charge is 0.0974 e. The fraction of sp³-hybridized carbons (Fsp3) is 0.600. The predicted octanol–water partition coefficient (Wildman–Crippen LogP) is 8.08. The zero-order valence-electron chi connectivity index (χ0n) is 22.4. The number of ether oxygens (including phenoxy) is 1. The SMILES string of the molecule is C[C@]12CC=C3C=C4CC[C@@H](N5C6CCC5CC6)C[C@]45CC[C@]3(O5)[C@@H]1CC[C@@H]2c1ccc2ccccc2c1. The Morgan fingerprint density at radius 3 is 2.49 bits per heavy atom. The molecule has 2 aromatic carbocycles. The van der Waals surface area contributed by atoms with Crippen molar-refractivity contribution in [1.29, 1.82) is 0 Å². The summed E-state index contributed by atoms with van der Waals surface area (Å²) in [6.45, 7) is 2.62. The molecule has 7 aliphatic rings. The summed E-state index contributed by atoms with van der Waals surface area (Å²) < 4.78 is 7.63. The molecule has 2 saturated carbocycles. The molecule has 2 spiro atoms. The Morgan fingerprint density at radius 2 is 1.65 bits per heavy atom. The van der Waals surface area contributed by atoms with Crippen molar-refractivity contribution in [3.05, 3.63) is 71.3 Å². The van der Waals surface area contributed by atoms with Crippen LogP contribution in [-0.4, -0.2) is 34.2 Å². The summed E-state index contributed by atoms with van der Waals surface area (Å²) in [5, 5.41) is 2.75. The third-order valence-corrected chi connectivity index (χ3v) is 12.8. The molecule has 0 aromatic heterocycles. The number of hydrogen-bond donors (Lipinski definition) is 0. The summed E-state index contributed by atoms with van der Waals surface area (Å²) >= 11 is 0. The van der Waals surface area contributed by atoms with Crippen LogP contribution in [0.2, 0.25) is 0 Å². The molecule has 2 nitrogen and oxygen atoms in total. The minimum absolute atomic E-state index is 0.0293. The molecule has 37 heavy (non-hydrogen) atoms. The van der Waals surface area contributed by atoms with Gasteiger partial charge in [0.05, 0.1) is 11.2 Å². The van der Waals surface area contributed by atoms with Crippen molar-refractivity contribution in [3.8, 4) is 0 Å². The predicted molar refractivity (Wildman–Crippen MR) is 150 cm³/mol. The molecule has 4 bridgehead atoms. The molecule has 2 heteroatoms. The summed E-state index contributed by atoms with van der Waals surface area (Å²) in [5.74, 6) is 1.26. The molecular formula is C35H41NO. The molecule has 4 heterocycles. The first-order chi connectivity index (χ1) is 18.1. The van der Waals surface area contributed by atoms with Gasteiger partial charge in [-0.1, -0.05) is 61.5 Å². The van der Waals surface area contributed by atoms with Gasteiger partial charge in [-0.05, 0) is 122 Å². The van der Waals surface area contributed by atoms with Crippen LogP contribution >= 0.6 is 0 Å². The first-order valence-electron chi connectivity index (χ1n) is 15.5. The largest absolute Gasteiger partial charge is 0.359 e. The van der Waals surface area contributed by atoms with E-state index in [0.717, 1.165) is 18.1 Å². The average molecular weight is 492 g/mol. The average Bonchev–Trinajstić information content (AvgIpc) is 3.68. The van der Waals surface area contributed by atoms with Gasteiger partial charge in [0.15, 0.2) is 0 Å². The molecule has 0 radical (unpaired) electrons. The molecular weight excluding hydrogens is 450 g/mol. The van der Waals surface area contributed by atoms with Crippen molar-refractivity contribution >= 4 is 10.8 Å². The highest BCUT2D eigenvalue weighted by Gasteiger charge is 2.67. The van der Waals surface area contributed by atoms with Crippen LogP contribution in [0.1, 0.15) is 95.5 Å². The van der Waals surface area contributed by atoms with Gasteiger partial charge in [0.2, 0.25) is 0 Å². The Bertz CT molecular complexity index is 1340. The van der Waals surface area contributed by atoms with Crippen LogP contribution in [0, 0.1) is 11.3 Å². The van der Waals surface area contributed by atoms with Gasteiger partial charge in [-0.15, -0.1) is 0 Å². The second-order valence-corrected chi connectivity index (χ2v) is 14.1. The highest BCUT2D eigenvalue weighted by atomic mass is 16.5. The van der Waals surface area contributed by atoms with Gasteiger partial charge >= 0.3 is 0 Å². The van der Waals surface area contributed by atoms with E-state index in [1.165, 1.54) is 87.8 Å². The van der Waals surface area contributed by atoms with E-state index in [-0.39, 0.29) is 16.6 Å². The maximum absolute atomic E-state index is 7.63. The van der Waals surface area contributed by atoms with Gasteiger partial charge < -0.3 is 4.74 Å². The van der Waals surface area contributed by atoms with Crippen LogP contribution in [0.3, 0.4) is 0 Å². The minimum Gasteiger partial charge on any atom is -0.359 e. The fourth-order valence-electron chi connectivity index (χ4n) is 11.2. The van der Waals surface area contributed by atoms with E-state index in [2.05, 4.69) is 66.4 Å². The molecule has 4 aliphatic heterocycles. The van der Waals surface area contributed by atoms with Crippen LogP contribution in [0.15, 0.2) is 65.8 Å². The van der Waals surface area contributed by atoms with Crippen LogP contribution in [0.25, 0.3) is 10.8 Å². The van der Waals surface area contributed by atoms with E-state index >= 15 is 0 Å². The highest BCUT2D eigenvalue weighted by Crippen LogP contribution is 2.69. The van der Waals surface area contributed by atoms with Gasteiger partial charge in [-0.2, -0.15) is 0 Å². The third-order valence-electron chi connectivity index (χ3n) is 12.8. The lowest BCUT2D eigenvalue weighted by Gasteiger charge is -2.55. The van der Waals surface area contributed by atoms with Crippen LogP contribution in [0.5, 0.6) is 0 Å². The number of hydrogen-bond acceptors (Lipinski definition) is 2. The lowest BCUT2D eigenvalue weighted by Crippen LogP contribution is -2.55. The molecule has 0 N–H and O–H groups in total. The Hall–Kier alpha value is -1.90. The summed E-state index contributed by atoms with van der Waals surface area (Å²) in [7, 11) is 0. The minimum atomic E-state index is -0.0338. The van der Waals surface area contributed by atoms with Gasteiger partial charge in [0, 0.05) is 18.1 Å². The van der Waals surface area contributed by atoms with E-state index in [4.69, 9.17) is 4.74 Å². The number of fused-ring (bicyclic) bond motifs is 4. The Morgan fingerprint density at radius 1 is 0.838 bits per heavy atom. The third kappa shape index (κ3) is 2.80. The molecule has 6 atom stereocenters. The van der Waals surface area contributed by atoms with Crippen molar-refractivity contribution in [3.63, 3.8) is 0 Å². The molecule has 192 valence electrons. The quantitative estimate of drug-likeness (QED) is 0.421. The number of benzene rings is 2. The zero-order chi connectivity index (χ0) is 24.4. The standard InChI is InChI=1S/C35H41NO/c1-33-17-16-27-21-26-8-9-30(36-28-10-11-29(36)13-12-28)22-34(26)18-19-35(27,37-34)32(33)15-14-31(33)25-7-6-23-4-2-3-5-24(23)20-25/h2-7,16,20-21,28-32H,8-15,17-19,22H2,1H3/t28?,29?,30-,31-,32-,33-,34-,35-/m1/s1. The normalized spacial score (nSPS) is 45.9. The maximum Gasteiger partial charge on any atom is 0.0974 e. The van der Waals surface area contributed by atoms with Gasteiger partial charge in [-0.25, -0.2) is 0 Å². The van der Waals surface area contributed by atoms with Crippen molar-refractivity contribution in [2.45, 2.75) is 119 Å². The second kappa shape index (κ2) is 7.39. The molecule has 0 unspecified atom stereocenters. The summed E-state index contributed by atoms with van der Waals surface area (Å²) in [6, 6.07) is 18.7. The van der Waals surface area contributed by atoms with Gasteiger partial charge in [0.25, 0.3) is 0 Å². The lowest BCUT2D eigenvalue weighted by atomic mass is 9.58. The van der Waals surface area contributed by atoms with E-state index < -0.39 is 0 Å². The summed E-state index contributed by atoms with van der Waals surface area (Å²) in [5.41, 5.74) is 5.05. The molecule has 0 amide bonds. The zero-order valence-corrected chi connectivity index (χ0v) is 22.4. The Labute approximate surface area is 222 Å². The molecule has 5 fully saturated rings. The van der Waals surface area contributed by atoms with E-state index in [0.29, 0.717) is 11.8 Å². The monoisotopic (exact) mass is 491 g/mol. The molecule has 2 aromatic rings. The van der Waals surface area contributed by atoms with Crippen molar-refractivity contribution in [2.24, 2.45) is 11.3 Å². The van der Waals surface area contributed by atoms with Crippen LogP contribution < -0.4 is 0 Å². The maximum atomic E-state index is 7.63. The highest BCUT2D eigenvalue weighted by molar-refractivity contribution is 5.83. The van der Waals surface area contributed by atoms with Gasteiger partial charge in [0.1, 0.15) is 0 Å². The summed E-state index contributed by atoms with van der Waals surface area (Å²) in [4.78, 5) is 2.99. The first-order valence-corrected chi connectivity index (χ1v) is 15.5. The van der Waals surface area contributed by atoms with Crippen molar-refractivity contribution in [1.82, 2.24) is 4.90 Å². The number of nitrogens with zero attached hydrogens (tertiary/aromatic N) is 1. The molecule has 3 saturated heterocycles. The topological polar surface area (TPSA) is 12.5 Å². The van der Waals surface area contributed by atoms with Crippen molar-refractivity contribution in [2.75, 3.05) is 0 Å². The lowest BCUT2D eigenvalue weighted by molar-refractivity contribution is -0.141. The van der Waals surface area contributed by atoms with Crippen LogP contribution in [0.4, 0.5) is 0 Å². The van der Waals surface area contributed by atoms with Gasteiger partial charge in [-0.3, -0.25) is 4.90 Å². The fourth-order valence-corrected chi connectivity index (χ4v) is 11.2. The Balaban J connectivity index is 1.06. The van der Waals surface area contributed by atoms with Crippen LogP contribution in [-0.2, 0) is 4.74 Å². The first kappa shape index (κ1) is 22.0. The van der Waals surface area contributed by atoms with E-state index in [1.807, 2.05) is 0 Å². The number of allylic oxidation sites excluding steroid dienone is 1. The van der Waals surface area contributed by atoms with E-state index in [1.54, 1.807) is 16.7 Å².